The molecule has 0 amide bonds. The first-order valence-electron chi connectivity index (χ1n) is 6.29. The van der Waals surface area contributed by atoms with E-state index in [-0.39, 0.29) is 12.4 Å². The minimum absolute atomic E-state index is 0.0420. The van der Waals surface area contributed by atoms with E-state index in [2.05, 4.69) is 10.1 Å². The summed E-state index contributed by atoms with van der Waals surface area (Å²) in [5, 5.41) is 21.4. The molecule has 0 aromatic heterocycles. The molecule has 104 valence electrons. The Kier molecular flexibility index (Phi) is 4.50. The van der Waals surface area contributed by atoms with Crippen LogP contribution in [0.5, 0.6) is 0 Å². The van der Waals surface area contributed by atoms with Crippen LogP contribution in [-0.4, -0.2) is 35.8 Å². The SMILES string of the molecule is NC(=NO)c1ccc(N2CCCC(CO)C2)c(Cl)c1. The number of nitrogens with two attached hydrogens (primary N) is 1. The second kappa shape index (κ2) is 6.12. The number of hydrogen-bond acceptors (Lipinski definition) is 4. The smallest absolute Gasteiger partial charge is 0.170 e. The number of benzene rings is 1. The Morgan fingerprint density at radius 2 is 2.32 bits per heavy atom. The second-order valence-electron chi connectivity index (χ2n) is 4.79. The summed E-state index contributed by atoms with van der Waals surface area (Å²) >= 11 is 6.26. The number of aliphatic hydroxyl groups excluding tert-OH is 1. The van der Waals surface area contributed by atoms with Crippen molar-refractivity contribution in [2.45, 2.75) is 12.8 Å². The van der Waals surface area contributed by atoms with E-state index >= 15 is 0 Å². The number of anilines is 1. The Bertz CT molecular complexity index is 479. The molecule has 0 bridgehead atoms. The van der Waals surface area contributed by atoms with E-state index in [1.54, 1.807) is 12.1 Å². The molecule has 19 heavy (non-hydrogen) atoms. The lowest BCUT2D eigenvalue weighted by Crippen LogP contribution is -2.37. The van der Waals surface area contributed by atoms with Crippen molar-refractivity contribution >= 4 is 23.1 Å². The van der Waals surface area contributed by atoms with Gasteiger partial charge in [-0.05, 0) is 37.0 Å². The molecule has 0 aliphatic carbocycles. The van der Waals surface area contributed by atoms with E-state index < -0.39 is 0 Å². The summed E-state index contributed by atoms with van der Waals surface area (Å²) in [4.78, 5) is 2.17. The molecule has 1 aliphatic rings. The first kappa shape index (κ1) is 14.0. The van der Waals surface area contributed by atoms with Gasteiger partial charge in [-0.25, -0.2) is 0 Å². The standard InChI is InChI=1S/C13H18ClN3O2/c14-11-6-10(13(15)16-19)3-4-12(11)17-5-1-2-9(7-17)8-18/h3-4,6,9,18-19H,1-2,5,7-8H2,(H2,15,16). The van der Waals surface area contributed by atoms with Crippen LogP contribution in [0.15, 0.2) is 23.4 Å². The van der Waals surface area contributed by atoms with Crippen molar-refractivity contribution in [1.82, 2.24) is 0 Å². The highest BCUT2D eigenvalue weighted by Gasteiger charge is 2.21. The van der Waals surface area contributed by atoms with E-state index in [1.807, 2.05) is 6.07 Å². The maximum Gasteiger partial charge on any atom is 0.170 e. The predicted molar refractivity (Wildman–Crippen MR) is 76.0 cm³/mol. The van der Waals surface area contributed by atoms with Gasteiger partial charge in [0.1, 0.15) is 0 Å². The molecule has 5 nitrogen and oxygen atoms in total. The molecule has 1 aliphatic heterocycles. The van der Waals surface area contributed by atoms with Gasteiger partial charge in [-0.3, -0.25) is 0 Å². The van der Waals surface area contributed by atoms with Crippen LogP contribution in [-0.2, 0) is 0 Å². The molecule has 1 fully saturated rings. The van der Waals surface area contributed by atoms with Gasteiger partial charge in [0.25, 0.3) is 0 Å². The molecule has 0 saturated carbocycles. The van der Waals surface area contributed by atoms with Gasteiger partial charge in [0.05, 0.1) is 10.7 Å². The maximum absolute atomic E-state index is 9.25. The van der Waals surface area contributed by atoms with Crippen molar-refractivity contribution in [3.05, 3.63) is 28.8 Å². The zero-order chi connectivity index (χ0) is 13.8. The average Bonchev–Trinajstić information content (AvgIpc) is 2.46. The number of nitrogens with zero attached hydrogens (tertiary/aromatic N) is 2. The van der Waals surface area contributed by atoms with Gasteiger partial charge < -0.3 is 20.9 Å². The molecule has 1 aromatic rings. The number of halogens is 1. The number of amidine groups is 1. The van der Waals surface area contributed by atoms with E-state index in [0.717, 1.165) is 31.6 Å². The zero-order valence-electron chi connectivity index (χ0n) is 10.6. The van der Waals surface area contributed by atoms with Crippen molar-refractivity contribution in [3.8, 4) is 0 Å². The fraction of sp³-hybridized carbons (Fsp3) is 0.462. The Morgan fingerprint density at radius 3 is 2.95 bits per heavy atom. The van der Waals surface area contributed by atoms with Gasteiger partial charge in [0.2, 0.25) is 0 Å². The van der Waals surface area contributed by atoms with Gasteiger partial charge in [0, 0.05) is 25.3 Å². The molecule has 2 rings (SSSR count). The third kappa shape index (κ3) is 3.11. The quantitative estimate of drug-likeness (QED) is 0.341. The van der Waals surface area contributed by atoms with Crippen LogP contribution >= 0.6 is 11.6 Å². The van der Waals surface area contributed by atoms with Crippen molar-refractivity contribution in [3.63, 3.8) is 0 Å². The molecule has 4 N–H and O–H groups in total. The molecular weight excluding hydrogens is 266 g/mol. The maximum atomic E-state index is 9.25. The largest absolute Gasteiger partial charge is 0.409 e. The molecule has 0 spiro atoms. The Hall–Kier alpha value is -1.46. The monoisotopic (exact) mass is 283 g/mol. The van der Waals surface area contributed by atoms with Crippen molar-refractivity contribution in [2.24, 2.45) is 16.8 Å². The van der Waals surface area contributed by atoms with Crippen molar-refractivity contribution < 1.29 is 10.3 Å². The van der Waals surface area contributed by atoms with Gasteiger partial charge in [-0.15, -0.1) is 0 Å². The third-order valence-corrected chi connectivity index (χ3v) is 3.77. The minimum Gasteiger partial charge on any atom is -0.409 e. The third-order valence-electron chi connectivity index (χ3n) is 3.47. The highest BCUT2D eigenvalue weighted by Crippen LogP contribution is 2.30. The Balaban J connectivity index is 2.21. The molecule has 1 heterocycles. The lowest BCUT2D eigenvalue weighted by Gasteiger charge is -2.34. The van der Waals surface area contributed by atoms with Crippen molar-refractivity contribution in [2.75, 3.05) is 24.6 Å². The topological polar surface area (TPSA) is 82.1 Å². The Morgan fingerprint density at radius 1 is 1.53 bits per heavy atom. The number of hydrogen-bond donors (Lipinski definition) is 3. The summed E-state index contributed by atoms with van der Waals surface area (Å²) in [6.45, 7) is 1.94. The van der Waals surface area contributed by atoms with Crippen molar-refractivity contribution in [1.29, 1.82) is 0 Å². The van der Waals surface area contributed by atoms with Crippen LogP contribution in [0, 0.1) is 5.92 Å². The fourth-order valence-corrected chi connectivity index (χ4v) is 2.71. The van der Waals surface area contributed by atoms with E-state index in [0.29, 0.717) is 16.5 Å². The first-order valence-corrected chi connectivity index (χ1v) is 6.66. The van der Waals surface area contributed by atoms with E-state index in [9.17, 15) is 5.11 Å². The average molecular weight is 284 g/mol. The van der Waals surface area contributed by atoms with E-state index in [4.69, 9.17) is 22.5 Å². The van der Waals surface area contributed by atoms with Crippen LogP contribution in [0.2, 0.25) is 5.02 Å². The molecule has 6 heteroatoms. The van der Waals surface area contributed by atoms with Crippen LogP contribution in [0.1, 0.15) is 18.4 Å². The van der Waals surface area contributed by atoms with Gasteiger partial charge in [-0.1, -0.05) is 16.8 Å². The molecule has 1 aromatic carbocycles. The van der Waals surface area contributed by atoms with Gasteiger partial charge in [0.15, 0.2) is 5.84 Å². The number of oxime groups is 1. The summed E-state index contributed by atoms with van der Waals surface area (Å²) in [5.41, 5.74) is 7.05. The fourth-order valence-electron chi connectivity index (χ4n) is 2.41. The predicted octanol–water partition coefficient (Wildman–Crippen LogP) is 1.64. The van der Waals surface area contributed by atoms with Gasteiger partial charge >= 0.3 is 0 Å². The molecule has 0 radical (unpaired) electrons. The summed E-state index contributed by atoms with van der Waals surface area (Å²) in [6.07, 6.45) is 2.09. The molecule has 1 saturated heterocycles. The number of aliphatic hydroxyl groups is 1. The highest BCUT2D eigenvalue weighted by molar-refractivity contribution is 6.33. The summed E-state index contributed by atoms with van der Waals surface area (Å²) in [5.74, 6) is 0.342. The summed E-state index contributed by atoms with van der Waals surface area (Å²) < 4.78 is 0. The minimum atomic E-state index is 0.0420. The Labute approximate surface area is 117 Å². The first-order chi connectivity index (χ1) is 9.15. The van der Waals surface area contributed by atoms with Crippen LogP contribution in [0.25, 0.3) is 0 Å². The molecule has 1 atom stereocenters. The lowest BCUT2D eigenvalue weighted by atomic mass is 9.98. The van der Waals surface area contributed by atoms with E-state index in [1.165, 1.54) is 0 Å². The zero-order valence-corrected chi connectivity index (χ0v) is 11.3. The van der Waals surface area contributed by atoms with Gasteiger partial charge in [-0.2, -0.15) is 0 Å². The van der Waals surface area contributed by atoms with Crippen LogP contribution in [0.4, 0.5) is 5.69 Å². The number of piperidine rings is 1. The number of rotatable bonds is 3. The highest BCUT2D eigenvalue weighted by atomic mass is 35.5. The molecule has 1 unspecified atom stereocenters. The lowest BCUT2D eigenvalue weighted by molar-refractivity contribution is 0.209. The van der Waals surface area contributed by atoms with Crippen LogP contribution in [0.3, 0.4) is 0 Å². The second-order valence-corrected chi connectivity index (χ2v) is 5.20. The summed E-state index contributed by atoms with van der Waals surface area (Å²) in [7, 11) is 0. The van der Waals surface area contributed by atoms with Crippen LogP contribution < -0.4 is 10.6 Å². The summed E-state index contributed by atoms with van der Waals surface area (Å²) in [6, 6.07) is 5.34. The molecular formula is C13H18ClN3O2. The normalized spacial score (nSPS) is 20.6.